The van der Waals surface area contributed by atoms with Crippen LogP contribution < -0.4 is 10.1 Å². The van der Waals surface area contributed by atoms with Gasteiger partial charge in [0.15, 0.2) is 5.78 Å². The number of Topliss-reactive ketones (excluding diaryl/α,β-unsaturated/α-hetero) is 1. The summed E-state index contributed by atoms with van der Waals surface area (Å²) in [4.78, 5) is 37.8. The highest BCUT2D eigenvalue weighted by Gasteiger charge is 2.42. The number of rotatable bonds is 9. The van der Waals surface area contributed by atoms with Gasteiger partial charge in [-0.3, -0.25) is 14.9 Å². The maximum atomic E-state index is 13.7. The lowest BCUT2D eigenvalue weighted by Gasteiger charge is -2.37. The van der Waals surface area contributed by atoms with E-state index in [2.05, 4.69) is 5.32 Å². The van der Waals surface area contributed by atoms with Gasteiger partial charge in [0.2, 0.25) is 0 Å². The molecule has 2 aliphatic rings. The van der Waals surface area contributed by atoms with E-state index in [1.807, 2.05) is 38.1 Å². The average molecular weight is 521 g/mol. The van der Waals surface area contributed by atoms with Gasteiger partial charge in [0.25, 0.3) is 5.69 Å². The van der Waals surface area contributed by atoms with Crippen LogP contribution in [0.25, 0.3) is 0 Å². The number of methoxy groups -OCH3 is 1. The van der Waals surface area contributed by atoms with E-state index in [0.29, 0.717) is 28.8 Å². The first kappa shape index (κ1) is 27.1. The number of carbonyl (C=O) groups is 2. The Hall–Kier alpha value is -3.98. The van der Waals surface area contributed by atoms with E-state index in [0.717, 1.165) is 17.0 Å². The second-order valence-corrected chi connectivity index (χ2v) is 9.66. The van der Waals surface area contributed by atoms with Crippen LogP contribution in [0.15, 0.2) is 71.1 Å². The summed E-state index contributed by atoms with van der Waals surface area (Å²) in [7, 11) is 1.61. The number of nitro groups is 1. The number of dihydropyridines is 1. The molecule has 2 unspecified atom stereocenters. The number of hydrogen-bond acceptors (Lipinski definition) is 8. The third-order valence-electron chi connectivity index (χ3n) is 6.83. The third-order valence-corrected chi connectivity index (χ3v) is 6.83. The highest BCUT2D eigenvalue weighted by Crippen LogP contribution is 2.47. The highest BCUT2D eigenvalue weighted by molar-refractivity contribution is 6.04. The molecule has 9 nitrogen and oxygen atoms in total. The Morgan fingerprint density at radius 2 is 1.82 bits per heavy atom. The molecule has 9 heteroatoms. The number of ether oxygens (including phenoxy) is 3. The minimum Gasteiger partial charge on any atom is -0.496 e. The SMILES string of the molecule is COc1ccccc1C1CC(=O)C2=C(C1)NC(C)=C(C(=O)OCCOC(C)C)C2c1ccc([N+](=O)[O-])cc1. The van der Waals surface area contributed by atoms with Crippen molar-refractivity contribution in [3.63, 3.8) is 0 Å². The first-order valence-corrected chi connectivity index (χ1v) is 12.6. The van der Waals surface area contributed by atoms with Crippen LogP contribution in [0, 0.1) is 10.1 Å². The van der Waals surface area contributed by atoms with Gasteiger partial charge in [-0.1, -0.05) is 30.3 Å². The van der Waals surface area contributed by atoms with Crippen LogP contribution in [0.1, 0.15) is 56.6 Å². The summed E-state index contributed by atoms with van der Waals surface area (Å²) < 4.78 is 16.6. The molecule has 1 aliphatic carbocycles. The number of para-hydroxylation sites is 1. The lowest BCUT2D eigenvalue weighted by Crippen LogP contribution is -2.36. The van der Waals surface area contributed by atoms with Crippen molar-refractivity contribution in [2.45, 2.75) is 51.6 Å². The van der Waals surface area contributed by atoms with E-state index in [-0.39, 0.29) is 43.1 Å². The van der Waals surface area contributed by atoms with Crippen LogP contribution in [0.2, 0.25) is 0 Å². The number of nitrogens with zero attached hydrogens (tertiary/aromatic N) is 1. The minimum atomic E-state index is -0.711. The van der Waals surface area contributed by atoms with E-state index in [1.165, 1.54) is 12.1 Å². The number of allylic oxidation sites excluding steroid dienone is 3. The number of nitro benzene ring substituents is 1. The molecule has 0 saturated heterocycles. The number of carbonyl (C=O) groups excluding carboxylic acids is 2. The largest absolute Gasteiger partial charge is 0.496 e. The smallest absolute Gasteiger partial charge is 0.336 e. The monoisotopic (exact) mass is 520 g/mol. The van der Waals surface area contributed by atoms with E-state index in [9.17, 15) is 19.7 Å². The molecule has 0 fully saturated rings. The molecule has 0 bridgehead atoms. The van der Waals surface area contributed by atoms with E-state index in [1.54, 1.807) is 26.2 Å². The van der Waals surface area contributed by atoms with E-state index >= 15 is 0 Å². The number of non-ortho nitro benzene ring substituents is 1. The topological polar surface area (TPSA) is 117 Å². The fraction of sp³-hybridized carbons (Fsp3) is 0.379. The van der Waals surface area contributed by atoms with Crippen molar-refractivity contribution in [2.24, 2.45) is 0 Å². The standard InChI is InChI=1S/C29H32N2O7/c1-17(2)37-13-14-38-29(33)26-18(3)30-23-15-20(22-7-5-6-8-25(22)36-4)16-24(32)28(23)27(26)19-9-11-21(12-10-19)31(34)35/h5-12,17,20,27,30H,13-16H2,1-4H3. The molecule has 38 heavy (non-hydrogen) atoms. The molecular weight excluding hydrogens is 488 g/mol. The Bertz CT molecular complexity index is 1290. The Morgan fingerprint density at radius 1 is 1.11 bits per heavy atom. The molecule has 4 rings (SSSR count). The predicted molar refractivity (Wildman–Crippen MR) is 141 cm³/mol. The molecule has 0 radical (unpaired) electrons. The van der Waals surface area contributed by atoms with Crippen LogP contribution in [0.5, 0.6) is 5.75 Å². The third kappa shape index (κ3) is 5.62. The molecule has 2 aromatic rings. The van der Waals surface area contributed by atoms with Crippen LogP contribution in [-0.4, -0.2) is 43.1 Å². The minimum absolute atomic E-state index is 0.00242. The van der Waals surface area contributed by atoms with Gasteiger partial charge in [-0.05, 0) is 44.4 Å². The number of ketones is 1. The van der Waals surface area contributed by atoms with Crippen molar-refractivity contribution >= 4 is 17.4 Å². The summed E-state index contributed by atoms with van der Waals surface area (Å²) in [6.45, 7) is 5.88. The van der Waals surface area contributed by atoms with Crippen molar-refractivity contribution in [1.82, 2.24) is 5.32 Å². The normalized spacial score (nSPS) is 19.2. The van der Waals surface area contributed by atoms with Gasteiger partial charge < -0.3 is 19.5 Å². The molecule has 1 aliphatic heterocycles. The maximum absolute atomic E-state index is 13.7. The fourth-order valence-electron chi connectivity index (χ4n) is 5.15. The van der Waals surface area contributed by atoms with Crippen molar-refractivity contribution in [3.05, 3.63) is 92.3 Å². The number of hydrogen-bond donors (Lipinski definition) is 1. The van der Waals surface area contributed by atoms with Crippen molar-refractivity contribution < 1.29 is 28.7 Å². The molecular formula is C29H32N2O7. The fourth-order valence-corrected chi connectivity index (χ4v) is 5.15. The van der Waals surface area contributed by atoms with Gasteiger partial charge in [-0.15, -0.1) is 0 Å². The molecule has 0 aromatic heterocycles. The van der Waals surface area contributed by atoms with Crippen LogP contribution in [-0.2, 0) is 19.1 Å². The number of esters is 1. The van der Waals surface area contributed by atoms with Crippen LogP contribution in [0.3, 0.4) is 0 Å². The predicted octanol–water partition coefficient (Wildman–Crippen LogP) is 4.93. The first-order chi connectivity index (χ1) is 18.2. The second kappa shape index (κ2) is 11.6. The van der Waals surface area contributed by atoms with Gasteiger partial charge >= 0.3 is 5.97 Å². The van der Waals surface area contributed by atoms with Gasteiger partial charge in [-0.2, -0.15) is 0 Å². The Morgan fingerprint density at radius 3 is 2.47 bits per heavy atom. The van der Waals surface area contributed by atoms with Crippen LogP contribution >= 0.6 is 0 Å². The second-order valence-electron chi connectivity index (χ2n) is 9.66. The average Bonchev–Trinajstić information content (AvgIpc) is 2.90. The highest BCUT2D eigenvalue weighted by atomic mass is 16.6. The van der Waals surface area contributed by atoms with E-state index in [4.69, 9.17) is 14.2 Å². The molecule has 1 heterocycles. The van der Waals surface area contributed by atoms with Gasteiger partial charge in [0, 0.05) is 47.4 Å². The molecule has 1 N–H and O–H groups in total. The summed E-state index contributed by atoms with van der Waals surface area (Å²) in [6.07, 6.45) is 0.795. The Balaban J connectivity index is 1.72. The van der Waals surface area contributed by atoms with E-state index < -0.39 is 16.8 Å². The number of benzene rings is 2. The zero-order valence-electron chi connectivity index (χ0n) is 22.0. The summed E-state index contributed by atoms with van der Waals surface area (Å²) in [5.41, 5.74) is 3.60. The summed E-state index contributed by atoms with van der Waals surface area (Å²) in [6, 6.07) is 13.6. The zero-order chi connectivity index (χ0) is 27.4. The van der Waals surface area contributed by atoms with Crippen molar-refractivity contribution in [3.8, 4) is 5.75 Å². The van der Waals surface area contributed by atoms with Gasteiger partial charge in [0.05, 0.1) is 30.3 Å². The summed E-state index contributed by atoms with van der Waals surface area (Å²) in [5.74, 6) is -0.748. The lowest BCUT2D eigenvalue weighted by atomic mass is 9.71. The van der Waals surface area contributed by atoms with Crippen molar-refractivity contribution in [2.75, 3.05) is 20.3 Å². The lowest BCUT2D eigenvalue weighted by molar-refractivity contribution is -0.384. The van der Waals surface area contributed by atoms with Gasteiger partial charge in [0.1, 0.15) is 12.4 Å². The quantitative estimate of drug-likeness (QED) is 0.214. The maximum Gasteiger partial charge on any atom is 0.336 e. The molecule has 0 saturated carbocycles. The van der Waals surface area contributed by atoms with Crippen molar-refractivity contribution in [1.29, 1.82) is 0 Å². The molecule has 200 valence electrons. The van der Waals surface area contributed by atoms with Gasteiger partial charge in [-0.25, -0.2) is 4.79 Å². The zero-order valence-corrected chi connectivity index (χ0v) is 22.0. The molecule has 0 amide bonds. The Kier molecular flexibility index (Phi) is 8.26. The Labute approximate surface area is 221 Å². The molecule has 2 atom stereocenters. The first-order valence-electron chi connectivity index (χ1n) is 12.6. The number of nitrogens with one attached hydrogen (secondary N) is 1. The molecule has 2 aromatic carbocycles. The van der Waals surface area contributed by atoms with Crippen LogP contribution in [0.4, 0.5) is 5.69 Å². The summed E-state index contributed by atoms with van der Waals surface area (Å²) in [5, 5.41) is 14.5. The summed E-state index contributed by atoms with van der Waals surface area (Å²) >= 11 is 0. The molecule has 0 spiro atoms.